The van der Waals surface area contributed by atoms with E-state index in [2.05, 4.69) is 15.3 Å². The summed E-state index contributed by atoms with van der Waals surface area (Å²) in [6.45, 7) is 0. The van der Waals surface area contributed by atoms with Crippen LogP contribution < -0.4 is 5.32 Å². The Morgan fingerprint density at radius 3 is 2.58 bits per heavy atom. The van der Waals surface area contributed by atoms with Crippen molar-refractivity contribution in [2.45, 2.75) is 6.04 Å². The Kier molecular flexibility index (Phi) is 4.19. The minimum absolute atomic E-state index is 0.152. The normalized spacial score (nSPS) is 12.0. The lowest BCUT2D eigenvalue weighted by Gasteiger charge is -2.19. The van der Waals surface area contributed by atoms with Crippen LogP contribution in [0.2, 0.25) is 0 Å². The lowest BCUT2D eigenvalue weighted by Crippen LogP contribution is -2.31. The van der Waals surface area contributed by atoms with Crippen LogP contribution in [0.5, 0.6) is 0 Å². The van der Waals surface area contributed by atoms with E-state index in [-0.39, 0.29) is 11.9 Å². The molecule has 2 heterocycles. The maximum absolute atomic E-state index is 13.1. The molecule has 0 aliphatic rings. The van der Waals surface area contributed by atoms with Crippen molar-refractivity contribution < 1.29 is 4.79 Å². The first-order valence-electron chi connectivity index (χ1n) is 8.41. The third-order valence-corrected chi connectivity index (χ3v) is 4.42. The molecule has 2 aromatic carbocycles. The topological polar surface area (TPSA) is 59.8 Å². The minimum atomic E-state index is -0.337. The quantitative estimate of drug-likeness (QED) is 0.618. The molecule has 5 nitrogen and oxygen atoms in total. The van der Waals surface area contributed by atoms with E-state index in [1.54, 1.807) is 12.4 Å². The fourth-order valence-corrected chi connectivity index (χ4v) is 3.11. The third kappa shape index (κ3) is 2.95. The first-order chi connectivity index (χ1) is 12.7. The van der Waals surface area contributed by atoms with Crippen LogP contribution in [0.3, 0.4) is 0 Å². The van der Waals surface area contributed by atoms with Gasteiger partial charge in [0.2, 0.25) is 0 Å². The van der Waals surface area contributed by atoms with Crippen molar-refractivity contribution in [3.63, 3.8) is 0 Å². The molecule has 0 spiro atoms. The molecule has 5 heteroatoms. The van der Waals surface area contributed by atoms with Gasteiger partial charge < -0.3 is 9.88 Å². The zero-order chi connectivity index (χ0) is 17.9. The fraction of sp³-hybridized carbons (Fsp3) is 0.0952. The fourth-order valence-electron chi connectivity index (χ4n) is 3.11. The number of pyridine rings is 1. The maximum Gasteiger partial charge on any atom is 0.252 e. The molecule has 2 aromatic heterocycles. The van der Waals surface area contributed by atoms with Crippen LogP contribution in [0, 0.1) is 0 Å². The van der Waals surface area contributed by atoms with Gasteiger partial charge in [-0.05, 0) is 23.8 Å². The number of carbonyl (C=O) groups is 1. The Morgan fingerprint density at radius 2 is 1.81 bits per heavy atom. The van der Waals surface area contributed by atoms with Gasteiger partial charge in [-0.3, -0.25) is 9.78 Å². The summed E-state index contributed by atoms with van der Waals surface area (Å²) in [6, 6.07) is 18.8. The smallest absolute Gasteiger partial charge is 0.252 e. The molecule has 0 aliphatic carbocycles. The summed E-state index contributed by atoms with van der Waals surface area (Å²) >= 11 is 0. The van der Waals surface area contributed by atoms with E-state index in [0.29, 0.717) is 5.56 Å². The van der Waals surface area contributed by atoms with Crippen LogP contribution in [-0.2, 0) is 7.05 Å². The molecule has 0 aliphatic heterocycles. The number of benzene rings is 2. The van der Waals surface area contributed by atoms with Crippen LogP contribution in [0.25, 0.3) is 10.9 Å². The predicted octanol–water partition coefficient (Wildman–Crippen LogP) is 3.49. The van der Waals surface area contributed by atoms with Gasteiger partial charge in [0, 0.05) is 36.6 Å². The number of hydrogen-bond acceptors (Lipinski definition) is 3. The number of imidazole rings is 1. The van der Waals surface area contributed by atoms with Crippen LogP contribution in [0.1, 0.15) is 27.8 Å². The standard InChI is InChI=1S/C21H18N4O/c1-25-14-13-23-20(25)19(15-7-3-2-4-8-15)24-21(26)17-9-5-11-18-16(17)10-6-12-22-18/h2-14,19H,1H3,(H,24,26)/t19-/m0/s1. The Morgan fingerprint density at radius 1 is 0.962 bits per heavy atom. The number of nitrogens with one attached hydrogen (secondary N) is 1. The molecule has 0 bridgehead atoms. The minimum Gasteiger partial charge on any atom is -0.338 e. The SMILES string of the molecule is Cn1ccnc1[C@@H](NC(=O)c1cccc2ncccc12)c1ccccc1. The van der Waals surface area contributed by atoms with Gasteiger partial charge in [-0.2, -0.15) is 0 Å². The highest BCUT2D eigenvalue weighted by Crippen LogP contribution is 2.22. The van der Waals surface area contributed by atoms with E-state index >= 15 is 0 Å². The number of rotatable bonds is 4. The maximum atomic E-state index is 13.1. The van der Waals surface area contributed by atoms with Crippen LogP contribution in [-0.4, -0.2) is 20.4 Å². The second-order valence-corrected chi connectivity index (χ2v) is 6.09. The molecule has 4 rings (SSSR count). The number of nitrogens with zero attached hydrogens (tertiary/aromatic N) is 3. The van der Waals surface area contributed by atoms with Crippen LogP contribution >= 0.6 is 0 Å². The predicted molar refractivity (Wildman–Crippen MR) is 101 cm³/mol. The van der Waals surface area contributed by atoms with E-state index in [9.17, 15) is 4.79 Å². The number of hydrogen-bond donors (Lipinski definition) is 1. The lowest BCUT2D eigenvalue weighted by atomic mass is 10.0. The molecule has 0 radical (unpaired) electrons. The van der Waals surface area contributed by atoms with Gasteiger partial charge in [-0.15, -0.1) is 0 Å². The highest BCUT2D eigenvalue weighted by atomic mass is 16.1. The van der Waals surface area contributed by atoms with E-state index in [1.807, 2.05) is 78.5 Å². The molecule has 1 N–H and O–H groups in total. The summed E-state index contributed by atoms with van der Waals surface area (Å²) in [6.07, 6.45) is 5.34. The average Bonchev–Trinajstić information content (AvgIpc) is 3.12. The first kappa shape index (κ1) is 16.0. The summed E-state index contributed by atoms with van der Waals surface area (Å²) in [4.78, 5) is 21.8. The second-order valence-electron chi connectivity index (χ2n) is 6.09. The number of aromatic nitrogens is 3. The van der Waals surface area contributed by atoms with E-state index < -0.39 is 0 Å². The summed E-state index contributed by atoms with van der Waals surface area (Å²) in [5, 5.41) is 3.97. The molecular formula is C21H18N4O. The molecule has 0 fully saturated rings. The summed E-state index contributed by atoms with van der Waals surface area (Å²) in [5.41, 5.74) is 2.38. The van der Waals surface area contributed by atoms with Gasteiger partial charge in [0.05, 0.1) is 5.52 Å². The first-order valence-corrected chi connectivity index (χ1v) is 8.41. The van der Waals surface area contributed by atoms with Gasteiger partial charge in [-0.25, -0.2) is 4.98 Å². The molecule has 0 saturated carbocycles. The summed E-state index contributed by atoms with van der Waals surface area (Å²) < 4.78 is 1.92. The zero-order valence-electron chi connectivity index (χ0n) is 14.3. The Balaban J connectivity index is 1.74. The molecule has 1 amide bonds. The van der Waals surface area contributed by atoms with Crippen molar-refractivity contribution in [3.05, 3.63) is 96.2 Å². The Labute approximate surface area is 151 Å². The van der Waals surface area contributed by atoms with Crippen LogP contribution in [0.15, 0.2) is 79.3 Å². The van der Waals surface area contributed by atoms with Gasteiger partial charge in [0.15, 0.2) is 0 Å². The Bertz CT molecular complexity index is 1050. The highest BCUT2D eigenvalue weighted by Gasteiger charge is 2.22. The van der Waals surface area contributed by atoms with Gasteiger partial charge in [0.25, 0.3) is 5.91 Å². The second kappa shape index (κ2) is 6.80. The van der Waals surface area contributed by atoms with Crippen LogP contribution in [0.4, 0.5) is 0 Å². The van der Waals surface area contributed by atoms with Crippen molar-refractivity contribution in [1.82, 2.24) is 19.9 Å². The molecule has 4 aromatic rings. The van der Waals surface area contributed by atoms with Gasteiger partial charge in [-0.1, -0.05) is 42.5 Å². The molecular weight excluding hydrogens is 324 g/mol. The lowest BCUT2D eigenvalue weighted by molar-refractivity contribution is 0.0943. The van der Waals surface area contributed by atoms with Gasteiger partial charge in [0.1, 0.15) is 11.9 Å². The number of amides is 1. The molecule has 1 atom stereocenters. The van der Waals surface area contributed by atoms with E-state index in [1.165, 1.54) is 0 Å². The third-order valence-electron chi connectivity index (χ3n) is 4.42. The van der Waals surface area contributed by atoms with Crippen molar-refractivity contribution in [3.8, 4) is 0 Å². The van der Waals surface area contributed by atoms with Crippen molar-refractivity contribution >= 4 is 16.8 Å². The van der Waals surface area contributed by atoms with Crippen molar-refractivity contribution in [2.75, 3.05) is 0 Å². The molecule has 26 heavy (non-hydrogen) atoms. The monoisotopic (exact) mass is 342 g/mol. The summed E-state index contributed by atoms with van der Waals surface area (Å²) in [5.74, 6) is 0.628. The van der Waals surface area contributed by atoms with E-state index in [4.69, 9.17) is 0 Å². The summed E-state index contributed by atoms with van der Waals surface area (Å²) in [7, 11) is 1.92. The van der Waals surface area contributed by atoms with Crippen molar-refractivity contribution in [2.24, 2.45) is 7.05 Å². The average molecular weight is 342 g/mol. The number of aryl methyl sites for hydroxylation is 1. The Hall–Kier alpha value is -3.47. The van der Waals surface area contributed by atoms with Gasteiger partial charge >= 0.3 is 0 Å². The highest BCUT2D eigenvalue weighted by molar-refractivity contribution is 6.06. The molecule has 128 valence electrons. The molecule has 0 saturated heterocycles. The number of carbonyl (C=O) groups excluding carboxylic acids is 1. The van der Waals surface area contributed by atoms with E-state index in [0.717, 1.165) is 22.3 Å². The van der Waals surface area contributed by atoms with Crippen molar-refractivity contribution in [1.29, 1.82) is 0 Å². The number of fused-ring (bicyclic) bond motifs is 1. The zero-order valence-corrected chi connectivity index (χ0v) is 14.3. The largest absolute Gasteiger partial charge is 0.338 e. The molecule has 0 unspecified atom stereocenters.